The first-order chi connectivity index (χ1) is 6.74. The van der Waals surface area contributed by atoms with Crippen LogP contribution in [0, 0.1) is 13.8 Å². The van der Waals surface area contributed by atoms with Gasteiger partial charge < -0.3 is 9.84 Å². The first-order valence-electron chi connectivity index (χ1n) is 4.19. The second-order valence-corrected chi connectivity index (χ2v) is 4.17. The molecule has 14 heavy (non-hydrogen) atoms. The third-order valence-electron chi connectivity index (χ3n) is 1.61. The second kappa shape index (κ2) is 3.75. The van der Waals surface area contributed by atoms with Crippen LogP contribution in [-0.4, -0.2) is 15.1 Å². The van der Waals surface area contributed by atoms with Crippen LogP contribution in [0.2, 0.25) is 0 Å². The molecule has 6 heteroatoms. The molecule has 0 radical (unpaired) electrons. The predicted molar refractivity (Wildman–Crippen MR) is 53.2 cm³/mol. The molecule has 0 spiro atoms. The van der Waals surface area contributed by atoms with Crippen LogP contribution >= 0.6 is 11.3 Å². The molecule has 5 nitrogen and oxygen atoms in total. The van der Waals surface area contributed by atoms with Crippen LogP contribution in [0.5, 0.6) is 0 Å². The third-order valence-corrected chi connectivity index (χ3v) is 2.52. The molecule has 0 saturated heterocycles. The molecular formula is C8H10N4OS. The van der Waals surface area contributed by atoms with Gasteiger partial charge in [0.2, 0.25) is 0 Å². The van der Waals surface area contributed by atoms with Gasteiger partial charge in [0.05, 0.1) is 11.6 Å². The van der Waals surface area contributed by atoms with E-state index in [-0.39, 0.29) is 0 Å². The van der Waals surface area contributed by atoms with Crippen LogP contribution in [-0.2, 0) is 6.54 Å². The van der Waals surface area contributed by atoms with E-state index < -0.39 is 0 Å². The maximum Gasteiger partial charge on any atom is 0.321 e. The zero-order valence-corrected chi connectivity index (χ0v) is 8.76. The van der Waals surface area contributed by atoms with Crippen molar-refractivity contribution in [2.75, 3.05) is 5.32 Å². The molecule has 2 rings (SSSR count). The van der Waals surface area contributed by atoms with E-state index in [0.717, 1.165) is 9.88 Å². The molecule has 0 aromatic carbocycles. The number of rotatable bonds is 3. The number of nitrogens with zero attached hydrogens (tertiary/aromatic N) is 3. The minimum atomic E-state index is 0.452. The standard InChI is InChI=1S/C8H10N4OS/c1-5-11-8(13-12-5)10-4-7-3-9-6(2)14-7/h3H,4H2,1-2H3,(H,10,11,12). The average molecular weight is 210 g/mol. The summed E-state index contributed by atoms with van der Waals surface area (Å²) >= 11 is 1.65. The fourth-order valence-electron chi connectivity index (χ4n) is 1.02. The van der Waals surface area contributed by atoms with E-state index in [9.17, 15) is 0 Å². The Morgan fingerprint density at radius 3 is 2.93 bits per heavy atom. The lowest BCUT2D eigenvalue weighted by atomic mass is 10.5. The van der Waals surface area contributed by atoms with Gasteiger partial charge in [-0.3, -0.25) is 0 Å². The molecular weight excluding hydrogens is 200 g/mol. The summed E-state index contributed by atoms with van der Waals surface area (Å²) in [7, 11) is 0. The lowest BCUT2D eigenvalue weighted by molar-refractivity contribution is 0.425. The van der Waals surface area contributed by atoms with Crippen LogP contribution in [0.15, 0.2) is 10.7 Å². The minimum Gasteiger partial charge on any atom is -0.333 e. The summed E-state index contributed by atoms with van der Waals surface area (Å²) in [5.74, 6) is 0.632. The van der Waals surface area contributed by atoms with Crippen molar-refractivity contribution in [1.82, 2.24) is 15.1 Å². The van der Waals surface area contributed by atoms with Crippen molar-refractivity contribution in [3.8, 4) is 0 Å². The highest BCUT2D eigenvalue weighted by atomic mass is 32.1. The summed E-state index contributed by atoms with van der Waals surface area (Å²) in [5, 5.41) is 7.76. The lowest BCUT2D eigenvalue weighted by Crippen LogP contribution is -1.97. The average Bonchev–Trinajstić information content (AvgIpc) is 2.72. The molecule has 2 aromatic heterocycles. The highest BCUT2D eigenvalue weighted by molar-refractivity contribution is 7.11. The van der Waals surface area contributed by atoms with Crippen molar-refractivity contribution in [3.05, 3.63) is 21.9 Å². The largest absolute Gasteiger partial charge is 0.333 e. The molecule has 2 aromatic rings. The Hall–Kier alpha value is -1.43. The molecule has 74 valence electrons. The van der Waals surface area contributed by atoms with E-state index in [1.807, 2.05) is 13.1 Å². The number of nitrogens with one attached hydrogen (secondary N) is 1. The van der Waals surface area contributed by atoms with E-state index in [0.29, 0.717) is 18.4 Å². The van der Waals surface area contributed by atoms with Gasteiger partial charge in [-0.2, -0.15) is 4.98 Å². The normalized spacial score (nSPS) is 10.4. The Balaban J connectivity index is 1.94. The molecule has 0 atom stereocenters. The van der Waals surface area contributed by atoms with Gasteiger partial charge in [-0.25, -0.2) is 4.98 Å². The summed E-state index contributed by atoms with van der Waals surface area (Å²) in [4.78, 5) is 9.33. The summed E-state index contributed by atoms with van der Waals surface area (Å²) < 4.78 is 4.90. The van der Waals surface area contributed by atoms with Crippen molar-refractivity contribution in [2.45, 2.75) is 20.4 Å². The van der Waals surface area contributed by atoms with E-state index in [2.05, 4.69) is 20.4 Å². The molecule has 0 amide bonds. The molecule has 0 bridgehead atoms. The Morgan fingerprint density at radius 1 is 1.50 bits per heavy atom. The Morgan fingerprint density at radius 2 is 2.36 bits per heavy atom. The van der Waals surface area contributed by atoms with E-state index in [1.165, 1.54) is 0 Å². The quantitative estimate of drug-likeness (QED) is 0.836. The number of thiazole rings is 1. The summed E-state index contributed by atoms with van der Waals surface area (Å²) in [6.45, 7) is 4.43. The van der Waals surface area contributed by atoms with Crippen LogP contribution in [0.25, 0.3) is 0 Å². The molecule has 1 N–H and O–H groups in total. The topological polar surface area (TPSA) is 63.8 Å². The highest BCUT2D eigenvalue weighted by Gasteiger charge is 2.02. The van der Waals surface area contributed by atoms with Gasteiger partial charge >= 0.3 is 6.01 Å². The van der Waals surface area contributed by atoms with Crippen molar-refractivity contribution < 1.29 is 4.52 Å². The van der Waals surface area contributed by atoms with Gasteiger partial charge in [-0.05, 0) is 13.8 Å². The van der Waals surface area contributed by atoms with Crippen molar-refractivity contribution >= 4 is 17.4 Å². The number of hydrogen-bond acceptors (Lipinski definition) is 6. The van der Waals surface area contributed by atoms with Crippen LogP contribution in [0.4, 0.5) is 6.01 Å². The van der Waals surface area contributed by atoms with Gasteiger partial charge in [-0.15, -0.1) is 11.3 Å². The van der Waals surface area contributed by atoms with E-state index in [1.54, 1.807) is 18.3 Å². The number of hydrogen-bond donors (Lipinski definition) is 1. The molecule has 0 unspecified atom stereocenters. The molecule has 0 aliphatic heterocycles. The monoisotopic (exact) mass is 210 g/mol. The minimum absolute atomic E-state index is 0.452. The first-order valence-corrected chi connectivity index (χ1v) is 5.01. The number of aryl methyl sites for hydroxylation is 2. The summed E-state index contributed by atoms with van der Waals surface area (Å²) in [6.07, 6.45) is 1.84. The zero-order chi connectivity index (χ0) is 9.97. The van der Waals surface area contributed by atoms with Crippen LogP contribution < -0.4 is 5.32 Å². The van der Waals surface area contributed by atoms with Crippen molar-refractivity contribution in [1.29, 1.82) is 0 Å². The molecule has 0 saturated carbocycles. The summed E-state index contributed by atoms with van der Waals surface area (Å²) in [5.41, 5.74) is 0. The Labute approximate surface area is 85.2 Å². The Bertz CT molecular complexity index is 382. The van der Waals surface area contributed by atoms with Gasteiger partial charge in [-0.1, -0.05) is 5.16 Å². The molecule has 2 heterocycles. The number of aromatic nitrogens is 3. The maximum absolute atomic E-state index is 4.90. The van der Waals surface area contributed by atoms with Crippen LogP contribution in [0.1, 0.15) is 15.7 Å². The second-order valence-electron chi connectivity index (χ2n) is 2.85. The maximum atomic E-state index is 4.90. The lowest BCUT2D eigenvalue weighted by Gasteiger charge is -1.95. The highest BCUT2D eigenvalue weighted by Crippen LogP contribution is 2.13. The number of anilines is 1. The smallest absolute Gasteiger partial charge is 0.321 e. The Kier molecular flexibility index (Phi) is 2.45. The van der Waals surface area contributed by atoms with Crippen molar-refractivity contribution in [2.24, 2.45) is 0 Å². The van der Waals surface area contributed by atoms with Crippen molar-refractivity contribution in [3.63, 3.8) is 0 Å². The molecule has 0 aliphatic carbocycles. The fraction of sp³-hybridized carbons (Fsp3) is 0.375. The van der Waals surface area contributed by atoms with Gasteiger partial charge in [0.15, 0.2) is 5.82 Å². The summed E-state index contributed by atoms with van der Waals surface area (Å²) in [6, 6.07) is 0.452. The third kappa shape index (κ3) is 2.08. The molecule has 0 aliphatic rings. The predicted octanol–water partition coefficient (Wildman–Crippen LogP) is 1.76. The molecule has 0 fully saturated rings. The van der Waals surface area contributed by atoms with Gasteiger partial charge in [0, 0.05) is 11.1 Å². The fourth-order valence-corrected chi connectivity index (χ4v) is 1.75. The first kappa shape index (κ1) is 9.14. The SMILES string of the molecule is Cc1noc(NCc2cnc(C)s2)n1. The van der Waals surface area contributed by atoms with E-state index in [4.69, 9.17) is 4.52 Å². The van der Waals surface area contributed by atoms with E-state index >= 15 is 0 Å². The van der Waals surface area contributed by atoms with Crippen LogP contribution in [0.3, 0.4) is 0 Å². The van der Waals surface area contributed by atoms with Gasteiger partial charge in [0.25, 0.3) is 0 Å². The zero-order valence-electron chi connectivity index (χ0n) is 7.94. The van der Waals surface area contributed by atoms with Gasteiger partial charge in [0.1, 0.15) is 0 Å².